The molecule has 4 rings (SSSR count). The number of fused-ring (bicyclic) bond motifs is 1. The van der Waals surface area contributed by atoms with Crippen LogP contribution in [-0.2, 0) is 16.0 Å². The second-order valence-corrected chi connectivity index (χ2v) is 9.63. The van der Waals surface area contributed by atoms with Crippen LogP contribution in [-0.4, -0.2) is 47.2 Å². The molecule has 2 heterocycles. The molecular formula is C27H33N3O3. The first-order chi connectivity index (χ1) is 15.8. The van der Waals surface area contributed by atoms with Crippen LogP contribution in [0.1, 0.15) is 61.1 Å². The quantitative estimate of drug-likeness (QED) is 0.761. The number of para-hydroxylation sites is 1. The number of anilines is 1. The highest BCUT2D eigenvalue weighted by Gasteiger charge is 2.31. The van der Waals surface area contributed by atoms with Gasteiger partial charge < -0.3 is 15.1 Å². The largest absolute Gasteiger partial charge is 0.338 e. The first-order valence-corrected chi connectivity index (χ1v) is 11.9. The second kappa shape index (κ2) is 9.77. The second-order valence-electron chi connectivity index (χ2n) is 9.63. The van der Waals surface area contributed by atoms with Gasteiger partial charge in [0.1, 0.15) is 0 Å². The molecule has 1 N–H and O–H groups in total. The van der Waals surface area contributed by atoms with Gasteiger partial charge in [-0.05, 0) is 47.9 Å². The predicted octanol–water partition coefficient (Wildman–Crippen LogP) is 4.28. The van der Waals surface area contributed by atoms with Crippen LogP contribution in [0.25, 0.3) is 0 Å². The standard InChI is InChI=1S/C27H33N3O3/c1-18-14-19(2)17-29(16-18)27(33)23-10-6-7-11-24(23)28-26(32)15-25-22-9-5-4-8-21(22)12-13-30(25)20(3)31/h4-11,18-19,25H,12-17H2,1-3H3,(H,28,32). The van der Waals surface area contributed by atoms with Gasteiger partial charge in [0.15, 0.2) is 0 Å². The molecule has 6 heteroatoms. The zero-order valence-corrected chi connectivity index (χ0v) is 19.7. The highest BCUT2D eigenvalue weighted by molar-refractivity contribution is 6.04. The highest BCUT2D eigenvalue weighted by atomic mass is 16.2. The average Bonchev–Trinajstić information content (AvgIpc) is 2.78. The lowest BCUT2D eigenvalue weighted by atomic mass is 9.90. The molecule has 2 aliphatic rings. The lowest BCUT2D eigenvalue weighted by Gasteiger charge is -2.36. The van der Waals surface area contributed by atoms with Crippen molar-refractivity contribution in [2.75, 3.05) is 25.0 Å². The number of carbonyl (C=O) groups excluding carboxylic acids is 3. The van der Waals surface area contributed by atoms with E-state index in [4.69, 9.17) is 0 Å². The highest BCUT2D eigenvalue weighted by Crippen LogP contribution is 2.33. The lowest BCUT2D eigenvalue weighted by Crippen LogP contribution is -2.43. The Morgan fingerprint density at radius 1 is 0.970 bits per heavy atom. The number of hydrogen-bond donors (Lipinski definition) is 1. The molecule has 3 unspecified atom stereocenters. The summed E-state index contributed by atoms with van der Waals surface area (Å²) in [6, 6.07) is 14.9. The summed E-state index contributed by atoms with van der Waals surface area (Å²) in [4.78, 5) is 42.4. The van der Waals surface area contributed by atoms with Crippen molar-refractivity contribution in [1.29, 1.82) is 0 Å². The first-order valence-electron chi connectivity index (χ1n) is 11.9. The van der Waals surface area contributed by atoms with Crippen LogP contribution in [0.4, 0.5) is 5.69 Å². The van der Waals surface area contributed by atoms with E-state index in [9.17, 15) is 14.4 Å². The van der Waals surface area contributed by atoms with Gasteiger partial charge in [0, 0.05) is 26.6 Å². The fourth-order valence-electron chi connectivity index (χ4n) is 5.40. The van der Waals surface area contributed by atoms with Gasteiger partial charge in [-0.1, -0.05) is 50.2 Å². The maximum Gasteiger partial charge on any atom is 0.255 e. The van der Waals surface area contributed by atoms with Crippen molar-refractivity contribution < 1.29 is 14.4 Å². The van der Waals surface area contributed by atoms with Crippen molar-refractivity contribution in [1.82, 2.24) is 9.80 Å². The van der Waals surface area contributed by atoms with Gasteiger partial charge in [-0.25, -0.2) is 0 Å². The van der Waals surface area contributed by atoms with Gasteiger partial charge in [0.2, 0.25) is 11.8 Å². The zero-order chi connectivity index (χ0) is 23.5. The molecule has 0 bridgehead atoms. The Morgan fingerprint density at radius 3 is 2.36 bits per heavy atom. The van der Waals surface area contributed by atoms with Crippen molar-refractivity contribution in [3.05, 3.63) is 65.2 Å². The lowest BCUT2D eigenvalue weighted by molar-refractivity contribution is -0.132. The van der Waals surface area contributed by atoms with Gasteiger partial charge in [-0.15, -0.1) is 0 Å². The Labute approximate surface area is 196 Å². The number of piperidine rings is 1. The van der Waals surface area contributed by atoms with Crippen molar-refractivity contribution in [3.8, 4) is 0 Å². The number of nitrogens with zero attached hydrogens (tertiary/aromatic N) is 2. The molecule has 0 spiro atoms. The smallest absolute Gasteiger partial charge is 0.255 e. The van der Waals surface area contributed by atoms with E-state index in [1.807, 2.05) is 35.2 Å². The molecule has 33 heavy (non-hydrogen) atoms. The minimum atomic E-state index is -0.306. The number of benzene rings is 2. The third-order valence-electron chi connectivity index (χ3n) is 6.78. The summed E-state index contributed by atoms with van der Waals surface area (Å²) >= 11 is 0. The van der Waals surface area contributed by atoms with E-state index in [2.05, 4.69) is 25.2 Å². The monoisotopic (exact) mass is 447 g/mol. The van der Waals surface area contributed by atoms with Crippen LogP contribution < -0.4 is 5.32 Å². The molecule has 3 atom stereocenters. The molecule has 0 aromatic heterocycles. The predicted molar refractivity (Wildman–Crippen MR) is 129 cm³/mol. The van der Waals surface area contributed by atoms with Gasteiger partial charge in [0.25, 0.3) is 5.91 Å². The van der Waals surface area contributed by atoms with Crippen molar-refractivity contribution in [2.45, 2.75) is 46.1 Å². The fraction of sp³-hybridized carbons (Fsp3) is 0.444. The summed E-state index contributed by atoms with van der Waals surface area (Å²) in [5, 5.41) is 2.97. The van der Waals surface area contributed by atoms with E-state index in [1.54, 1.807) is 24.0 Å². The fourth-order valence-corrected chi connectivity index (χ4v) is 5.40. The molecule has 0 saturated carbocycles. The molecule has 0 radical (unpaired) electrons. The third-order valence-corrected chi connectivity index (χ3v) is 6.78. The minimum absolute atomic E-state index is 0.0359. The van der Waals surface area contributed by atoms with Crippen LogP contribution in [0.3, 0.4) is 0 Å². The Hall–Kier alpha value is -3.15. The summed E-state index contributed by atoms with van der Waals surface area (Å²) in [7, 11) is 0. The summed E-state index contributed by atoms with van der Waals surface area (Å²) in [6.07, 6.45) is 2.06. The van der Waals surface area contributed by atoms with Crippen molar-refractivity contribution in [3.63, 3.8) is 0 Å². The van der Waals surface area contributed by atoms with Gasteiger partial charge in [0.05, 0.1) is 23.7 Å². The molecule has 2 aliphatic heterocycles. The summed E-state index contributed by atoms with van der Waals surface area (Å²) < 4.78 is 0. The Bertz CT molecular complexity index is 1040. The summed E-state index contributed by atoms with van der Waals surface area (Å²) in [5.74, 6) is 0.638. The molecule has 6 nitrogen and oxygen atoms in total. The van der Waals surface area contributed by atoms with Crippen LogP contribution in [0.2, 0.25) is 0 Å². The molecule has 2 aromatic carbocycles. The minimum Gasteiger partial charge on any atom is -0.338 e. The van der Waals surface area contributed by atoms with E-state index in [0.717, 1.165) is 31.5 Å². The number of hydrogen-bond acceptors (Lipinski definition) is 3. The van der Waals surface area contributed by atoms with Gasteiger partial charge in [-0.3, -0.25) is 14.4 Å². The number of likely N-dealkylation sites (tertiary alicyclic amines) is 1. The normalized spacial score (nSPS) is 22.5. The van der Waals surface area contributed by atoms with Gasteiger partial charge >= 0.3 is 0 Å². The van der Waals surface area contributed by atoms with Crippen LogP contribution in [0.5, 0.6) is 0 Å². The van der Waals surface area contributed by atoms with Crippen molar-refractivity contribution >= 4 is 23.4 Å². The van der Waals surface area contributed by atoms with Crippen molar-refractivity contribution in [2.24, 2.45) is 11.8 Å². The Morgan fingerprint density at radius 2 is 1.64 bits per heavy atom. The molecular weight excluding hydrogens is 414 g/mol. The number of carbonyl (C=O) groups is 3. The molecule has 2 aromatic rings. The molecule has 1 fully saturated rings. The maximum atomic E-state index is 13.3. The topological polar surface area (TPSA) is 69.7 Å². The number of rotatable bonds is 4. The summed E-state index contributed by atoms with van der Waals surface area (Å²) in [5.41, 5.74) is 3.24. The van der Waals surface area contributed by atoms with E-state index in [0.29, 0.717) is 29.6 Å². The van der Waals surface area contributed by atoms with E-state index in [-0.39, 0.29) is 30.2 Å². The van der Waals surface area contributed by atoms with Crippen LogP contribution in [0.15, 0.2) is 48.5 Å². The first kappa shape index (κ1) is 23.0. The van der Waals surface area contributed by atoms with Crippen LogP contribution >= 0.6 is 0 Å². The van der Waals surface area contributed by atoms with E-state index >= 15 is 0 Å². The molecule has 3 amide bonds. The SMILES string of the molecule is CC(=O)N1CCc2ccccc2C1CC(=O)Nc1ccccc1C(=O)N1CC(C)CC(C)C1. The molecule has 174 valence electrons. The van der Waals surface area contributed by atoms with E-state index < -0.39 is 0 Å². The Balaban J connectivity index is 1.52. The van der Waals surface area contributed by atoms with Gasteiger partial charge in [-0.2, -0.15) is 0 Å². The third kappa shape index (κ3) is 5.10. The molecule has 1 saturated heterocycles. The molecule has 0 aliphatic carbocycles. The maximum absolute atomic E-state index is 13.3. The average molecular weight is 448 g/mol. The van der Waals surface area contributed by atoms with Crippen LogP contribution in [0, 0.1) is 11.8 Å². The zero-order valence-electron chi connectivity index (χ0n) is 19.7. The summed E-state index contributed by atoms with van der Waals surface area (Å²) in [6.45, 7) is 7.96. The number of amides is 3. The Kier molecular flexibility index (Phi) is 6.82. The van der Waals surface area contributed by atoms with E-state index in [1.165, 1.54) is 5.56 Å². The number of nitrogens with one attached hydrogen (secondary N) is 1.